The SMILES string of the molecule is O=C(Nc1[nH]c(=O)ncc1F)c1ccc([N+](=O)[O-])cc1. The molecule has 1 aromatic carbocycles. The Morgan fingerprint density at radius 1 is 1.35 bits per heavy atom. The molecule has 0 aliphatic heterocycles. The van der Waals surface area contributed by atoms with E-state index in [0.29, 0.717) is 6.20 Å². The fourth-order valence-electron chi connectivity index (χ4n) is 1.39. The van der Waals surface area contributed by atoms with Crippen molar-refractivity contribution in [3.63, 3.8) is 0 Å². The molecule has 2 aromatic rings. The van der Waals surface area contributed by atoms with Gasteiger partial charge in [0.05, 0.1) is 11.1 Å². The van der Waals surface area contributed by atoms with E-state index in [9.17, 15) is 24.1 Å². The Bertz CT molecular complexity index is 726. The van der Waals surface area contributed by atoms with E-state index in [1.165, 1.54) is 12.1 Å². The molecule has 0 atom stereocenters. The number of anilines is 1. The maximum absolute atomic E-state index is 13.3. The molecule has 1 amide bonds. The van der Waals surface area contributed by atoms with E-state index in [1.54, 1.807) is 0 Å². The Morgan fingerprint density at radius 2 is 2.00 bits per heavy atom. The highest BCUT2D eigenvalue weighted by Crippen LogP contribution is 2.13. The van der Waals surface area contributed by atoms with Gasteiger partial charge in [0.25, 0.3) is 11.6 Å². The number of hydrogen-bond acceptors (Lipinski definition) is 5. The third kappa shape index (κ3) is 2.83. The van der Waals surface area contributed by atoms with Crippen LogP contribution in [0, 0.1) is 15.9 Å². The van der Waals surface area contributed by atoms with E-state index in [0.717, 1.165) is 12.1 Å². The van der Waals surface area contributed by atoms with Gasteiger partial charge in [0.15, 0.2) is 11.6 Å². The van der Waals surface area contributed by atoms with Crippen LogP contribution in [0.15, 0.2) is 35.3 Å². The van der Waals surface area contributed by atoms with Crippen LogP contribution in [-0.2, 0) is 0 Å². The van der Waals surface area contributed by atoms with Crippen molar-refractivity contribution in [3.05, 3.63) is 62.4 Å². The maximum Gasteiger partial charge on any atom is 0.346 e. The zero-order chi connectivity index (χ0) is 14.7. The Kier molecular flexibility index (Phi) is 3.51. The molecular formula is C11H7FN4O4. The van der Waals surface area contributed by atoms with E-state index in [4.69, 9.17) is 0 Å². The first-order valence-corrected chi connectivity index (χ1v) is 5.28. The minimum absolute atomic E-state index is 0.0765. The van der Waals surface area contributed by atoms with Crippen LogP contribution in [0.4, 0.5) is 15.9 Å². The summed E-state index contributed by atoms with van der Waals surface area (Å²) in [4.78, 5) is 37.7. The lowest BCUT2D eigenvalue weighted by atomic mass is 10.2. The van der Waals surface area contributed by atoms with Crippen molar-refractivity contribution in [2.24, 2.45) is 0 Å². The van der Waals surface area contributed by atoms with Crippen molar-refractivity contribution < 1.29 is 14.1 Å². The molecule has 8 nitrogen and oxygen atoms in total. The summed E-state index contributed by atoms with van der Waals surface area (Å²) >= 11 is 0. The number of nitrogens with zero attached hydrogens (tertiary/aromatic N) is 2. The van der Waals surface area contributed by atoms with Crippen molar-refractivity contribution in [2.75, 3.05) is 5.32 Å². The van der Waals surface area contributed by atoms with Crippen LogP contribution >= 0.6 is 0 Å². The summed E-state index contributed by atoms with van der Waals surface area (Å²) in [6, 6.07) is 4.70. The van der Waals surface area contributed by atoms with Gasteiger partial charge in [-0.05, 0) is 12.1 Å². The number of nitro groups is 1. The van der Waals surface area contributed by atoms with Gasteiger partial charge in [-0.1, -0.05) is 0 Å². The monoisotopic (exact) mass is 278 g/mol. The number of amides is 1. The molecule has 0 radical (unpaired) electrons. The minimum Gasteiger partial charge on any atom is -0.306 e. The maximum atomic E-state index is 13.3. The Balaban J connectivity index is 2.21. The molecule has 1 heterocycles. The van der Waals surface area contributed by atoms with Gasteiger partial charge in [-0.2, -0.15) is 4.98 Å². The molecule has 2 N–H and O–H groups in total. The lowest BCUT2D eigenvalue weighted by Crippen LogP contribution is -2.19. The number of carbonyl (C=O) groups excluding carboxylic acids is 1. The standard InChI is InChI=1S/C11H7FN4O4/c12-8-5-13-11(18)15-9(8)14-10(17)6-1-3-7(4-2-6)16(19)20/h1-5H,(H2,13,14,15,17,18). The summed E-state index contributed by atoms with van der Waals surface area (Å²) in [7, 11) is 0. The average Bonchev–Trinajstić information content (AvgIpc) is 2.43. The van der Waals surface area contributed by atoms with Crippen molar-refractivity contribution in [1.29, 1.82) is 0 Å². The first-order valence-electron chi connectivity index (χ1n) is 5.28. The molecule has 102 valence electrons. The Hall–Kier alpha value is -3.10. The normalized spacial score (nSPS) is 10.1. The molecule has 1 aromatic heterocycles. The second-order valence-electron chi connectivity index (χ2n) is 3.67. The number of nitrogens with one attached hydrogen (secondary N) is 2. The van der Waals surface area contributed by atoms with Gasteiger partial charge in [0.2, 0.25) is 0 Å². The number of carbonyl (C=O) groups is 1. The predicted molar refractivity (Wildman–Crippen MR) is 65.9 cm³/mol. The smallest absolute Gasteiger partial charge is 0.306 e. The number of benzene rings is 1. The molecule has 0 bridgehead atoms. The zero-order valence-corrected chi connectivity index (χ0v) is 9.79. The Morgan fingerprint density at radius 3 is 2.60 bits per heavy atom. The zero-order valence-electron chi connectivity index (χ0n) is 9.79. The van der Waals surface area contributed by atoms with Gasteiger partial charge >= 0.3 is 5.69 Å². The largest absolute Gasteiger partial charge is 0.346 e. The van der Waals surface area contributed by atoms with Crippen molar-refractivity contribution in [1.82, 2.24) is 9.97 Å². The van der Waals surface area contributed by atoms with Crippen LogP contribution < -0.4 is 11.0 Å². The van der Waals surface area contributed by atoms with E-state index in [-0.39, 0.29) is 11.3 Å². The summed E-state index contributed by atoms with van der Waals surface area (Å²) in [6.45, 7) is 0. The topological polar surface area (TPSA) is 118 Å². The number of nitro benzene ring substituents is 1. The van der Waals surface area contributed by atoms with Gasteiger partial charge in [-0.25, -0.2) is 9.18 Å². The predicted octanol–water partition coefficient (Wildman–Crippen LogP) is 1.07. The fraction of sp³-hybridized carbons (Fsp3) is 0. The van der Waals surface area contributed by atoms with Crippen LogP contribution in [0.1, 0.15) is 10.4 Å². The number of halogens is 1. The van der Waals surface area contributed by atoms with E-state index in [2.05, 4.69) is 10.3 Å². The molecule has 0 fully saturated rings. The van der Waals surface area contributed by atoms with E-state index >= 15 is 0 Å². The number of rotatable bonds is 3. The third-order valence-corrected chi connectivity index (χ3v) is 2.34. The van der Waals surface area contributed by atoms with Crippen molar-refractivity contribution in [3.8, 4) is 0 Å². The highest BCUT2D eigenvalue weighted by molar-refractivity contribution is 6.03. The Labute approximate surface area is 110 Å². The molecule has 9 heteroatoms. The van der Waals surface area contributed by atoms with Gasteiger partial charge in [0.1, 0.15) is 0 Å². The van der Waals surface area contributed by atoms with E-state index < -0.39 is 28.2 Å². The highest BCUT2D eigenvalue weighted by Gasteiger charge is 2.12. The summed E-state index contributed by atoms with van der Waals surface area (Å²) < 4.78 is 13.3. The number of H-pyrrole nitrogens is 1. The number of aromatic amines is 1. The van der Waals surface area contributed by atoms with Crippen LogP contribution in [0.25, 0.3) is 0 Å². The first kappa shape index (κ1) is 13.3. The second kappa shape index (κ2) is 5.26. The van der Waals surface area contributed by atoms with Gasteiger partial charge in [0, 0.05) is 17.7 Å². The molecule has 0 saturated heterocycles. The highest BCUT2D eigenvalue weighted by atomic mass is 19.1. The number of non-ortho nitro benzene ring substituents is 1. The van der Waals surface area contributed by atoms with Gasteiger partial charge in [-0.3, -0.25) is 19.9 Å². The number of aromatic nitrogens is 2. The van der Waals surface area contributed by atoms with Crippen LogP contribution in [-0.4, -0.2) is 20.8 Å². The molecular weight excluding hydrogens is 271 g/mol. The molecule has 0 saturated carbocycles. The average molecular weight is 278 g/mol. The third-order valence-electron chi connectivity index (χ3n) is 2.34. The first-order chi connectivity index (χ1) is 9.47. The number of hydrogen-bond donors (Lipinski definition) is 2. The fourth-order valence-corrected chi connectivity index (χ4v) is 1.39. The van der Waals surface area contributed by atoms with Crippen LogP contribution in [0.5, 0.6) is 0 Å². The molecule has 0 spiro atoms. The van der Waals surface area contributed by atoms with Crippen LogP contribution in [0.3, 0.4) is 0 Å². The van der Waals surface area contributed by atoms with Gasteiger partial charge in [-0.15, -0.1) is 0 Å². The summed E-state index contributed by atoms with van der Waals surface area (Å²) in [5, 5.41) is 12.6. The summed E-state index contributed by atoms with van der Waals surface area (Å²) in [5.74, 6) is -2.05. The molecule has 0 aliphatic rings. The van der Waals surface area contributed by atoms with E-state index in [1.807, 2.05) is 4.98 Å². The molecule has 2 rings (SSSR count). The summed E-state index contributed by atoms with van der Waals surface area (Å²) in [5.41, 5.74) is -0.914. The van der Waals surface area contributed by atoms with Crippen molar-refractivity contribution >= 4 is 17.4 Å². The molecule has 20 heavy (non-hydrogen) atoms. The van der Waals surface area contributed by atoms with Crippen molar-refractivity contribution in [2.45, 2.75) is 0 Å². The lowest BCUT2D eigenvalue weighted by Gasteiger charge is -2.05. The minimum atomic E-state index is -0.903. The molecule has 0 aliphatic carbocycles. The summed E-state index contributed by atoms with van der Waals surface area (Å²) in [6.07, 6.45) is 0.671. The second-order valence-corrected chi connectivity index (χ2v) is 3.67. The molecule has 0 unspecified atom stereocenters. The van der Waals surface area contributed by atoms with Crippen LogP contribution in [0.2, 0.25) is 0 Å². The quantitative estimate of drug-likeness (QED) is 0.643. The van der Waals surface area contributed by atoms with Gasteiger partial charge < -0.3 is 5.32 Å². The lowest BCUT2D eigenvalue weighted by molar-refractivity contribution is -0.384.